The minimum atomic E-state index is -0.184. The average molecular weight is 369 g/mol. The van der Waals surface area contributed by atoms with E-state index in [4.69, 9.17) is 16.3 Å². The van der Waals surface area contributed by atoms with Gasteiger partial charge >= 0.3 is 0 Å². The van der Waals surface area contributed by atoms with Crippen molar-refractivity contribution in [1.82, 2.24) is 0 Å². The maximum absolute atomic E-state index is 12.2. The van der Waals surface area contributed by atoms with Crippen LogP contribution in [-0.2, 0) is 0 Å². The van der Waals surface area contributed by atoms with E-state index >= 15 is 0 Å². The predicted molar refractivity (Wildman–Crippen MR) is 89.5 cm³/mol. The number of benzene rings is 2. The molecule has 5 heteroatoms. The Morgan fingerprint density at radius 3 is 2.67 bits per heavy atom. The number of aryl methyl sites for hydroxylation is 1. The van der Waals surface area contributed by atoms with Crippen LogP contribution in [0.15, 0.2) is 40.9 Å². The van der Waals surface area contributed by atoms with E-state index < -0.39 is 0 Å². The van der Waals surface area contributed by atoms with Crippen LogP contribution in [0.5, 0.6) is 5.75 Å². The lowest BCUT2D eigenvalue weighted by atomic mass is 10.1. The summed E-state index contributed by atoms with van der Waals surface area (Å²) in [6.45, 7) is 4.40. The Kier molecular flexibility index (Phi) is 5.26. The van der Waals surface area contributed by atoms with Crippen molar-refractivity contribution in [1.29, 1.82) is 0 Å². The van der Waals surface area contributed by atoms with E-state index in [1.807, 2.05) is 19.9 Å². The van der Waals surface area contributed by atoms with Gasteiger partial charge in [-0.2, -0.15) is 0 Å². The first-order valence-electron chi connectivity index (χ1n) is 6.51. The van der Waals surface area contributed by atoms with Crippen molar-refractivity contribution in [2.45, 2.75) is 13.8 Å². The minimum Gasteiger partial charge on any atom is -0.492 e. The Bertz CT molecular complexity index is 673. The van der Waals surface area contributed by atoms with Gasteiger partial charge in [-0.3, -0.25) is 4.79 Å². The molecule has 2 rings (SSSR count). The summed E-state index contributed by atoms with van der Waals surface area (Å²) < 4.78 is 6.26. The van der Waals surface area contributed by atoms with Crippen molar-refractivity contribution in [3.63, 3.8) is 0 Å². The highest BCUT2D eigenvalue weighted by molar-refractivity contribution is 9.10. The van der Waals surface area contributed by atoms with Gasteiger partial charge in [0.1, 0.15) is 5.75 Å². The summed E-state index contributed by atoms with van der Waals surface area (Å²) in [6.07, 6.45) is 0. The number of nitrogens with one attached hydrogen (secondary N) is 1. The van der Waals surface area contributed by atoms with Crippen molar-refractivity contribution in [3.05, 3.63) is 57.0 Å². The second-order valence-electron chi connectivity index (χ2n) is 4.50. The lowest BCUT2D eigenvalue weighted by molar-refractivity contribution is 0.102. The lowest BCUT2D eigenvalue weighted by Gasteiger charge is -2.09. The zero-order valence-corrected chi connectivity index (χ0v) is 14.1. The van der Waals surface area contributed by atoms with E-state index in [9.17, 15) is 4.79 Å². The van der Waals surface area contributed by atoms with Crippen LogP contribution < -0.4 is 10.1 Å². The van der Waals surface area contributed by atoms with Crippen LogP contribution in [-0.4, -0.2) is 12.5 Å². The number of carbonyl (C=O) groups excluding carboxylic acids is 1. The molecular formula is C16H15BrClNO2. The van der Waals surface area contributed by atoms with E-state index in [0.29, 0.717) is 28.6 Å². The summed E-state index contributed by atoms with van der Waals surface area (Å²) in [5.74, 6) is 0.422. The highest BCUT2D eigenvalue weighted by atomic mass is 79.9. The van der Waals surface area contributed by atoms with Crippen LogP contribution in [0.25, 0.3) is 0 Å². The zero-order valence-electron chi connectivity index (χ0n) is 11.7. The molecule has 1 N–H and O–H groups in total. The summed E-state index contributed by atoms with van der Waals surface area (Å²) in [7, 11) is 0. The number of halogens is 2. The van der Waals surface area contributed by atoms with Gasteiger partial charge < -0.3 is 10.1 Å². The number of amides is 1. The van der Waals surface area contributed by atoms with Crippen molar-refractivity contribution in [2.24, 2.45) is 0 Å². The molecule has 0 radical (unpaired) electrons. The number of ether oxygens (including phenoxy) is 1. The molecule has 0 aliphatic heterocycles. The van der Waals surface area contributed by atoms with Gasteiger partial charge in [0.15, 0.2) is 0 Å². The highest BCUT2D eigenvalue weighted by Gasteiger charge is 2.09. The van der Waals surface area contributed by atoms with Gasteiger partial charge in [-0.15, -0.1) is 0 Å². The molecule has 2 aromatic rings. The molecular weight excluding hydrogens is 354 g/mol. The fourth-order valence-electron chi connectivity index (χ4n) is 1.79. The van der Waals surface area contributed by atoms with Crippen molar-refractivity contribution in [2.75, 3.05) is 11.9 Å². The van der Waals surface area contributed by atoms with Gasteiger partial charge in [-0.1, -0.05) is 33.6 Å². The van der Waals surface area contributed by atoms with Crippen molar-refractivity contribution in [3.8, 4) is 5.75 Å². The fraction of sp³-hybridized carbons (Fsp3) is 0.188. The number of hydrogen-bond donors (Lipinski definition) is 1. The first-order valence-corrected chi connectivity index (χ1v) is 7.68. The third kappa shape index (κ3) is 3.99. The quantitative estimate of drug-likeness (QED) is 0.819. The van der Waals surface area contributed by atoms with Gasteiger partial charge in [0, 0.05) is 15.7 Å². The van der Waals surface area contributed by atoms with Crippen LogP contribution in [0, 0.1) is 6.92 Å². The summed E-state index contributed by atoms with van der Waals surface area (Å²) >= 11 is 9.52. The Labute approximate surface area is 137 Å². The van der Waals surface area contributed by atoms with Crippen LogP contribution in [0.4, 0.5) is 5.69 Å². The van der Waals surface area contributed by atoms with Crippen LogP contribution in [0.3, 0.4) is 0 Å². The largest absolute Gasteiger partial charge is 0.492 e. The molecule has 0 heterocycles. The highest BCUT2D eigenvalue weighted by Crippen LogP contribution is 2.28. The molecule has 0 fully saturated rings. The molecule has 1 amide bonds. The molecule has 0 aliphatic rings. The Morgan fingerprint density at radius 1 is 1.29 bits per heavy atom. The van der Waals surface area contributed by atoms with Gasteiger partial charge in [0.05, 0.1) is 11.6 Å². The SMILES string of the molecule is CCOc1ccc(NC(=O)c2ccc(C)c(Br)c2)cc1Cl. The second-order valence-corrected chi connectivity index (χ2v) is 5.76. The standard InChI is InChI=1S/C16H15BrClNO2/c1-3-21-15-7-6-12(9-14(15)18)19-16(20)11-5-4-10(2)13(17)8-11/h4-9H,3H2,1-2H3,(H,19,20). The van der Waals surface area contributed by atoms with E-state index in [1.165, 1.54) is 0 Å². The second kappa shape index (κ2) is 6.96. The zero-order chi connectivity index (χ0) is 15.4. The molecule has 0 unspecified atom stereocenters. The van der Waals surface area contributed by atoms with Gasteiger partial charge in [-0.05, 0) is 49.7 Å². The number of rotatable bonds is 4. The lowest BCUT2D eigenvalue weighted by Crippen LogP contribution is -2.12. The van der Waals surface area contributed by atoms with E-state index in [1.54, 1.807) is 30.3 Å². The smallest absolute Gasteiger partial charge is 0.255 e. The molecule has 0 aliphatic carbocycles. The molecule has 0 saturated heterocycles. The summed E-state index contributed by atoms with van der Waals surface area (Å²) in [5.41, 5.74) is 2.29. The topological polar surface area (TPSA) is 38.3 Å². The van der Waals surface area contributed by atoms with Gasteiger partial charge in [0.25, 0.3) is 5.91 Å². The molecule has 0 aromatic heterocycles. The van der Waals surface area contributed by atoms with E-state index in [-0.39, 0.29) is 5.91 Å². The maximum Gasteiger partial charge on any atom is 0.255 e. The Hall–Kier alpha value is -1.52. The molecule has 0 bridgehead atoms. The summed E-state index contributed by atoms with van der Waals surface area (Å²) in [5, 5.41) is 3.29. The number of hydrogen-bond acceptors (Lipinski definition) is 2. The van der Waals surface area contributed by atoms with Crippen molar-refractivity contribution < 1.29 is 9.53 Å². The van der Waals surface area contributed by atoms with E-state index in [0.717, 1.165) is 10.0 Å². The van der Waals surface area contributed by atoms with Crippen LogP contribution >= 0.6 is 27.5 Å². The van der Waals surface area contributed by atoms with E-state index in [2.05, 4.69) is 21.2 Å². The maximum atomic E-state index is 12.2. The Morgan fingerprint density at radius 2 is 2.05 bits per heavy atom. The first-order chi connectivity index (χ1) is 10.0. The average Bonchev–Trinajstić information content (AvgIpc) is 2.45. The third-order valence-electron chi connectivity index (χ3n) is 2.92. The van der Waals surface area contributed by atoms with Gasteiger partial charge in [0.2, 0.25) is 0 Å². The summed E-state index contributed by atoms with van der Waals surface area (Å²) in [4.78, 5) is 12.2. The molecule has 21 heavy (non-hydrogen) atoms. The normalized spacial score (nSPS) is 10.3. The number of carbonyl (C=O) groups is 1. The molecule has 3 nitrogen and oxygen atoms in total. The van der Waals surface area contributed by atoms with Crippen molar-refractivity contribution >= 4 is 39.1 Å². The predicted octanol–water partition coefficient (Wildman–Crippen LogP) is 5.06. The molecule has 0 saturated carbocycles. The first kappa shape index (κ1) is 15.9. The molecule has 0 atom stereocenters. The number of anilines is 1. The summed E-state index contributed by atoms with van der Waals surface area (Å²) in [6, 6.07) is 10.6. The van der Waals surface area contributed by atoms with Gasteiger partial charge in [-0.25, -0.2) is 0 Å². The van der Waals surface area contributed by atoms with Crippen LogP contribution in [0.2, 0.25) is 5.02 Å². The monoisotopic (exact) mass is 367 g/mol. The third-order valence-corrected chi connectivity index (χ3v) is 4.07. The molecule has 110 valence electrons. The minimum absolute atomic E-state index is 0.184. The van der Waals surface area contributed by atoms with Crippen LogP contribution in [0.1, 0.15) is 22.8 Å². The Balaban J connectivity index is 2.15. The molecule has 2 aromatic carbocycles. The molecule has 0 spiro atoms. The fourth-order valence-corrected chi connectivity index (χ4v) is 2.40.